The van der Waals surface area contributed by atoms with Crippen LogP contribution in [0.15, 0.2) is 42.5 Å². The molecule has 0 radical (unpaired) electrons. The van der Waals surface area contributed by atoms with Crippen molar-refractivity contribution in [3.05, 3.63) is 53.6 Å². The second kappa shape index (κ2) is 9.94. The van der Waals surface area contributed by atoms with Crippen molar-refractivity contribution in [2.24, 2.45) is 0 Å². The number of hydrogen-bond acceptors (Lipinski definition) is 5. The fourth-order valence-electron chi connectivity index (χ4n) is 2.67. The Hall–Kier alpha value is -2.57. The lowest BCUT2D eigenvalue weighted by molar-refractivity contribution is -0.116. The van der Waals surface area contributed by atoms with E-state index in [1.54, 1.807) is 32.4 Å². The molecule has 0 spiro atoms. The van der Waals surface area contributed by atoms with E-state index in [0.29, 0.717) is 23.7 Å². The smallest absolute Gasteiger partial charge is 0.226 e. The third-order valence-electron chi connectivity index (χ3n) is 4.30. The number of methoxy groups -OCH3 is 2. The van der Waals surface area contributed by atoms with Crippen LogP contribution in [0.1, 0.15) is 30.6 Å². The third-order valence-corrected chi connectivity index (χ3v) is 4.30. The van der Waals surface area contributed by atoms with Crippen molar-refractivity contribution in [1.82, 2.24) is 5.32 Å². The lowest BCUT2D eigenvalue weighted by Crippen LogP contribution is -2.33. The normalized spacial score (nSPS) is 12.9. The molecule has 0 aliphatic rings. The van der Waals surface area contributed by atoms with E-state index in [4.69, 9.17) is 9.47 Å². The summed E-state index contributed by atoms with van der Waals surface area (Å²) in [6, 6.07) is 12.9. The number of anilines is 1. The highest BCUT2D eigenvalue weighted by molar-refractivity contribution is 5.92. The molecule has 2 aromatic carbocycles. The van der Waals surface area contributed by atoms with Gasteiger partial charge in [0.15, 0.2) is 0 Å². The number of aryl methyl sites for hydroxylation is 1. The molecule has 0 bridgehead atoms. The Labute approximate surface area is 160 Å². The van der Waals surface area contributed by atoms with Crippen molar-refractivity contribution in [2.45, 2.75) is 32.4 Å². The van der Waals surface area contributed by atoms with Crippen LogP contribution in [-0.4, -0.2) is 37.8 Å². The average molecular weight is 372 g/mol. The highest BCUT2D eigenvalue weighted by Gasteiger charge is 2.14. The third kappa shape index (κ3) is 6.27. The van der Waals surface area contributed by atoms with Crippen LogP contribution in [0.4, 0.5) is 5.69 Å². The molecule has 6 heteroatoms. The molecule has 27 heavy (non-hydrogen) atoms. The van der Waals surface area contributed by atoms with E-state index in [-0.39, 0.29) is 18.4 Å². The maximum atomic E-state index is 12.3. The Morgan fingerprint density at radius 2 is 1.81 bits per heavy atom. The maximum Gasteiger partial charge on any atom is 0.226 e. The molecule has 0 aromatic heterocycles. The van der Waals surface area contributed by atoms with Crippen LogP contribution in [0.5, 0.6) is 11.5 Å². The highest BCUT2D eigenvalue weighted by atomic mass is 16.5. The van der Waals surface area contributed by atoms with Crippen molar-refractivity contribution in [3.8, 4) is 11.5 Å². The predicted octanol–water partition coefficient (Wildman–Crippen LogP) is 3.05. The zero-order valence-corrected chi connectivity index (χ0v) is 16.3. The molecule has 1 amide bonds. The Morgan fingerprint density at radius 3 is 2.44 bits per heavy atom. The lowest BCUT2D eigenvalue weighted by Gasteiger charge is -2.18. The molecule has 2 atom stereocenters. The van der Waals surface area contributed by atoms with E-state index in [1.807, 2.05) is 38.1 Å². The first-order valence-corrected chi connectivity index (χ1v) is 8.92. The molecule has 0 heterocycles. The van der Waals surface area contributed by atoms with Gasteiger partial charge in [-0.3, -0.25) is 4.79 Å². The van der Waals surface area contributed by atoms with Crippen LogP contribution in [-0.2, 0) is 4.79 Å². The van der Waals surface area contributed by atoms with Gasteiger partial charge in [-0.2, -0.15) is 0 Å². The zero-order chi connectivity index (χ0) is 19.8. The van der Waals surface area contributed by atoms with Gasteiger partial charge in [0.1, 0.15) is 11.5 Å². The van der Waals surface area contributed by atoms with Gasteiger partial charge >= 0.3 is 0 Å². The first kappa shape index (κ1) is 20.7. The average Bonchev–Trinajstić information content (AvgIpc) is 2.66. The molecular weight excluding hydrogens is 344 g/mol. The quantitative estimate of drug-likeness (QED) is 0.630. The summed E-state index contributed by atoms with van der Waals surface area (Å²) in [6.07, 6.45) is -0.340. The Morgan fingerprint density at radius 1 is 1.11 bits per heavy atom. The van der Waals surface area contributed by atoms with Gasteiger partial charge in [0, 0.05) is 25.1 Å². The number of hydrogen-bond donors (Lipinski definition) is 3. The van der Waals surface area contributed by atoms with Gasteiger partial charge in [-0.25, -0.2) is 0 Å². The van der Waals surface area contributed by atoms with Crippen molar-refractivity contribution in [3.63, 3.8) is 0 Å². The fourth-order valence-corrected chi connectivity index (χ4v) is 2.67. The number of nitrogens with one attached hydrogen (secondary N) is 2. The summed E-state index contributed by atoms with van der Waals surface area (Å²) in [5.74, 6) is 1.06. The number of aliphatic hydroxyl groups excluding tert-OH is 1. The minimum absolute atomic E-state index is 0.0886. The van der Waals surface area contributed by atoms with Crippen molar-refractivity contribution < 1.29 is 19.4 Å². The molecule has 146 valence electrons. The molecule has 2 aromatic rings. The van der Waals surface area contributed by atoms with Gasteiger partial charge in [-0.05, 0) is 31.5 Å². The number of carbonyl (C=O) groups excluding carboxylic acids is 1. The Kier molecular flexibility index (Phi) is 7.64. The summed E-state index contributed by atoms with van der Waals surface area (Å²) >= 11 is 0. The van der Waals surface area contributed by atoms with E-state index in [2.05, 4.69) is 10.6 Å². The van der Waals surface area contributed by atoms with Crippen LogP contribution >= 0.6 is 0 Å². The number of carbonyl (C=O) groups is 1. The topological polar surface area (TPSA) is 79.8 Å². The molecule has 6 nitrogen and oxygen atoms in total. The molecule has 2 rings (SSSR count). The number of ether oxygens (including phenoxy) is 2. The zero-order valence-electron chi connectivity index (χ0n) is 16.3. The fraction of sp³-hybridized carbons (Fsp3) is 0.381. The summed E-state index contributed by atoms with van der Waals surface area (Å²) in [5.41, 5.74) is 2.60. The van der Waals surface area contributed by atoms with E-state index in [1.165, 1.54) is 0 Å². The molecule has 0 aliphatic carbocycles. The lowest BCUT2D eigenvalue weighted by atomic mass is 10.1. The summed E-state index contributed by atoms with van der Waals surface area (Å²) < 4.78 is 10.4. The molecule has 3 N–H and O–H groups in total. The minimum atomic E-state index is -0.613. The molecular formula is C21H28N2O4. The molecule has 2 unspecified atom stereocenters. The Balaban J connectivity index is 1.84. The second-order valence-electron chi connectivity index (χ2n) is 6.55. The van der Waals surface area contributed by atoms with Gasteiger partial charge in [0.25, 0.3) is 0 Å². The van der Waals surface area contributed by atoms with Gasteiger partial charge in [-0.15, -0.1) is 0 Å². The highest BCUT2D eigenvalue weighted by Crippen LogP contribution is 2.29. The molecule has 0 saturated carbocycles. The largest absolute Gasteiger partial charge is 0.497 e. The molecule has 0 saturated heterocycles. The number of aliphatic hydroxyl groups is 1. The van der Waals surface area contributed by atoms with E-state index in [0.717, 1.165) is 11.1 Å². The first-order chi connectivity index (χ1) is 12.9. The van der Waals surface area contributed by atoms with Crippen LogP contribution < -0.4 is 20.1 Å². The summed E-state index contributed by atoms with van der Waals surface area (Å²) in [6.45, 7) is 4.29. The summed E-state index contributed by atoms with van der Waals surface area (Å²) in [4.78, 5) is 12.3. The minimum Gasteiger partial charge on any atom is -0.497 e. The number of rotatable bonds is 9. The maximum absolute atomic E-state index is 12.3. The number of benzene rings is 2. The monoisotopic (exact) mass is 372 g/mol. The van der Waals surface area contributed by atoms with Crippen LogP contribution in [0.25, 0.3) is 0 Å². The van der Waals surface area contributed by atoms with E-state index in [9.17, 15) is 9.90 Å². The van der Waals surface area contributed by atoms with Gasteiger partial charge in [-0.1, -0.05) is 29.8 Å². The summed E-state index contributed by atoms with van der Waals surface area (Å²) in [5, 5.41) is 16.3. The van der Waals surface area contributed by atoms with Crippen LogP contribution in [0, 0.1) is 6.92 Å². The van der Waals surface area contributed by atoms with Crippen molar-refractivity contribution in [2.75, 3.05) is 26.1 Å². The van der Waals surface area contributed by atoms with Gasteiger partial charge in [0.05, 0.1) is 26.0 Å². The van der Waals surface area contributed by atoms with Crippen LogP contribution in [0.3, 0.4) is 0 Å². The molecule has 0 fully saturated rings. The summed E-state index contributed by atoms with van der Waals surface area (Å²) in [7, 11) is 3.12. The van der Waals surface area contributed by atoms with Crippen molar-refractivity contribution >= 4 is 11.6 Å². The van der Waals surface area contributed by atoms with Crippen LogP contribution in [0.2, 0.25) is 0 Å². The van der Waals surface area contributed by atoms with Gasteiger partial charge < -0.3 is 25.2 Å². The van der Waals surface area contributed by atoms with Crippen molar-refractivity contribution in [1.29, 1.82) is 0 Å². The predicted molar refractivity (Wildman–Crippen MR) is 106 cm³/mol. The molecule has 0 aliphatic heterocycles. The Bertz CT molecular complexity index is 746. The van der Waals surface area contributed by atoms with Gasteiger partial charge in [0.2, 0.25) is 5.91 Å². The first-order valence-electron chi connectivity index (χ1n) is 8.92. The standard InChI is InChI=1S/C21H28N2O4/c1-14-5-7-16(8-6-14)19(24)13-22-15(2)11-21(25)23-18-10-9-17(26-3)12-20(18)27-4/h5-10,12,15,19,22,24H,11,13H2,1-4H3,(H,23,25). The number of amides is 1. The van der Waals surface area contributed by atoms with E-state index >= 15 is 0 Å². The second-order valence-corrected chi connectivity index (χ2v) is 6.55. The van der Waals surface area contributed by atoms with E-state index < -0.39 is 6.10 Å². The SMILES string of the molecule is COc1ccc(NC(=O)CC(C)NCC(O)c2ccc(C)cc2)c(OC)c1.